The highest BCUT2D eigenvalue weighted by molar-refractivity contribution is 6.22. The van der Waals surface area contributed by atoms with E-state index in [1.54, 1.807) is 31.2 Å². The average molecular weight is 232 g/mol. The van der Waals surface area contributed by atoms with Gasteiger partial charge in [-0.25, -0.2) is 0 Å². The standard InChI is InChI=1S/C12H12N2O3/c1-2-8(13-17)7-14-11(15)9-5-3-4-6-10(9)12(14)16/h3-6,17H,2,7H2,1H3. The van der Waals surface area contributed by atoms with E-state index in [0.717, 1.165) is 4.90 Å². The molecule has 1 N–H and O–H groups in total. The summed E-state index contributed by atoms with van der Waals surface area (Å²) in [7, 11) is 0. The van der Waals surface area contributed by atoms with Gasteiger partial charge in [-0.1, -0.05) is 24.2 Å². The number of amides is 2. The third kappa shape index (κ3) is 1.80. The van der Waals surface area contributed by atoms with E-state index in [9.17, 15) is 9.59 Å². The fourth-order valence-corrected chi connectivity index (χ4v) is 1.78. The lowest BCUT2D eigenvalue weighted by Crippen LogP contribution is -2.34. The van der Waals surface area contributed by atoms with Crippen LogP contribution in [-0.2, 0) is 0 Å². The van der Waals surface area contributed by atoms with Gasteiger partial charge in [0, 0.05) is 0 Å². The molecule has 2 rings (SSSR count). The first-order valence-corrected chi connectivity index (χ1v) is 5.34. The summed E-state index contributed by atoms with van der Waals surface area (Å²) in [6.45, 7) is 1.84. The molecule has 5 nitrogen and oxygen atoms in total. The van der Waals surface area contributed by atoms with E-state index in [0.29, 0.717) is 23.3 Å². The van der Waals surface area contributed by atoms with Gasteiger partial charge < -0.3 is 5.21 Å². The van der Waals surface area contributed by atoms with Crippen molar-refractivity contribution in [3.8, 4) is 0 Å². The Hall–Kier alpha value is -2.17. The Morgan fingerprint density at radius 1 is 1.24 bits per heavy atom. The number of carbonyl (C=O) groups excluding carboxylic acids is 2. The predicted molar refractivity (Wildman–Crippen MR) is 61.3 cm³/mol. The molecule has 0 fully saturated rings. The third-order valence-corrected chi connectivity index (χ3v) is 2.77. The van der Waals surface area contributed by atoms with Crippen molar-refractivity contribution in [2.75, 3.05) is 6.54 Å². The smallest absolute Gasteiger partial charge is 0.261 e. The first-order chi connectivity index (χ1) is 8.19. The van der Waals surface area contributed by atoms with Crippen LogP contribution in [0.15, 0.2) is 29.4 Å². The predicted octanol–water partition coefficient (Wildman–Crippen LogP) is 1.52. The van der Waals surface area contributed by atoms with Gasteiger partial charge in [-0.3, -0.25) is 14.5 Å². The molecular formula is C12H12N2O3. The first kappa shape index (κ1) is 11.3. The second kappa shape index (κ2) is 4.37. The SMILES string of the molecule is CCC(CN1C(=O)c2ccccc2C1=O)=NO. The maximum Gasteiger partial charge on any atom is 0.261 e. The summed E-state index contributed by atoms with van der Waals surface area (Å²) in [5, 5.41) is 11.8. The molecule has 1 aromatic rings. The molecule has 1 aliphatic rings. The summed E-state index contributed by atoms with van der Waals surface area (Å²) in [5.41, 5.74) is 1.22. The molecule has 1 aliphatic heterocycles. The summed E-state index contributed by atoms with van der Waals surface area (Å²) in [6, 6.07) is 6.68. The van der Waals surface area contributed by atoms with Crippen molar-refractivity contribution in [1.82, 2.24) is 4.90 Å². The van der Waals surface area contributed by atoms with Crippen LogP contribution in [0, 0.1) is 0 Å². The molecule has 0 aromatic heterocycles. The van der Waals surface area contributed by atoms with E-state index in [2.05, 4.69) is 5.16 Å². The van der Waals surface area contributed by atoms with Gasteiger partial charge in [0.2, 0.25) is 0 Å². The number of carbonyl (C=O) groups is 2. The largest absolute Gasteiger partial charge is 0.411 e. The zero-order valence-electron chi connectivity index (χ0n) is 9.38. The van der Waals surface area contributed by atoms with Crippen LogP contribution in [0.1, 0.15) is 34.1 Å². The number of fused-ring (bicyclic) bond motifs is 1. The van der Waals surface area contributed by atoms with Gasteiger partial charge in [0.1, 0.15) is 0 Å². The molecule has 5 heteroatoms. The molecule has 1 heterocycles. The molecule has 0 saturated carbocycles. The minimum Gasteiger partial charge on any atom is -0.411 e. The zero-order chi connectivity index (χ0) is 12.4. The fourth-order valence-electron chi connectivity index (χ4n) is 1.78. The first-order valence-electron chi connectivity index (χ1n) is 5.34. The Kier molecular flexibility index (Phi) is 2.91. The van der Waals surface area contributed by atoms with Crippen molar-refractivity contribution in [1.29, 1.82) is 0 Å². The van der Waals surface area contributed by atoms with Crippen LogP contribution in [0.5, 0.6) is 0 Å². The van der Waals surface area contributed by atoms with Gasteiger partial charge in [0.05, 0.1) is 23.4 Å². The van der Waals surface area contributed by atoms with Gasteiger partial charge in [0.25, 0.3) is 11.8 Å². The summed E-state index contributed by atoms with van der Waals surface area (Å²) >= 11 is 0. The van der Waals surface area contributed by atoms with Crippen molar-refractivity contribution in [3.63, 3.8) is 0 Å². The molecule has 0 radical (unpaired) electrons. The van der Waals surface area contributed by atoms with Gasteiger partial charge in [-0.05, 0) is 18.6 Å². The summed E-state index contributed by atoms with van der Waals surface area (Å²) in [4.78, 5) is 25.0. The Morgan fingerprint density at radius 2 is 1.76 bits per heavy atom. The van der Waals surface area contributed by atoms with Crippen LogP contribution in [0.3, 0.4) is 0 Å². The topological polar surface area (TPSA) is 70.0 Å². The van der Waals surface area contributed by atoms with E-state index in [1.807, 2.05) is 0 Å². The monoisotopic (exact) mass is 232 g/mol. The molecule has 1 aromatic carbocycles. The van der Waals surface area contributed by atoms with E-state index in [4.69, 9.17) is 5.21 Å². The summed E-state index contributed by atoms with van der Waals surface area (Å²) in [5.74, 6) is -0.666. The molecule has 0 bridgehead atoms. The number of hydrogen-bond donors (Lipinski definition) is 1. The molecule has 17 heavy (non-hydrogen) atoms. The average Bonchev–Trinajstić information content (AvgIpc) is 2.61. The van der Waals surface area contributed by atoms with Crippen molar-refractivity contribution < 1.29 is 14.8 Å². The minimum atomic E-state index is -0.333. The number of benzene rings is 1. The van der Waals surface area contributed by atoms with Crippen LogP contribution < -0.4 is 0 Å². The van der Waals surface area contributed by atoms with E-state index in [-0.39, 0.29) is 18.4 Å². The Morgan fingerprint density at radius 3 is 2.18 bits per heavy atom. The molecule has 0 unspecified atom stereocenters. The third-order valence-electron chi connectivity index (χ3n) is 2.77. The van der Waals surface area contributed by atoms with Crippen LogP contribution in [0.4, 0.5) is 0 Å². The van der Waals surface area contributed by atoms with E-state index < -0.39 is 0 Å². The molecule has 0 spiro atoms. The highest BCUT2D eigenvalue weighted by Gasteiger charge is 2.35. The molecular weight excluding hydrogens is 220 g/mol. The van der Waals surface area contributed by atoms with Crippen LogP contribution >= 0.6 is 0 Å². The van der Waals surface area contributed by atoms with Gasteiger partial charge in [0.15, 0.2) is 0 Å². The molecule has 0 saturated heterocycles. The van der Waals surface area contributed by atoms with Crippen molar-refractivity contribution in [3.05, 3.63) is 35.4 Å². The fraction of sp³-hybridized carbons (Fsp3) is 0.250. The van der Waals surface area contributed by atoms with Crippen molar-refractivity contribution in [2.24, 2.45) is 5.16 Å². The summed E-state index contributed by atoms with van der Waals surface area (Å²) < 4.78 is 0. The Bertz CT molecular complexity index is 473. The maximum absolute atomic E-state index is 11.9. The Balaban J connectivity index is 2.30. The van der Waals surface area contributed by atoms with Crippen molar-refractivity contribution >= 4 is 17.5 Å². The number of rotatable bonds is 3. The number of imide groups is 1. The van der Waals surface area contributed by atoms with E-state index in [1.165, 1.54) is 0 Å². The zero-order valence-corrected chi connectivity index (χ0v) is 9.38. The quantitative estimate of drug-likeness (QED) is 0.372. The molecule has 2 amide bonds. The highest BCUT2D eigenvalue weighted by Crippen LogP contribution is 2.22. The second-order valence-corrected chi connectivity index (χ2v) is 3.76. The molecule has 88 valence electrons. The lowest BCUT2D eigenvalue weighted by molar-refractivity contribution is 0.0676. The van der Waals surface area contributed by atoms with Crippen molar-refractivity contribution in [2.45, 2.75) is 13.3 Å². The number of oxime groups is 1. The van der Waals surface area contributed by atoms with Gasteiger partial charge in [-0.2, -0.15) is 0 Å². The van der Waals surface area contributed by atoms with Gasteiger partial charge in [-0.15, -0.1) is 0 Å². The molecule has 0 atom stereocenters. The van der Waals surface area contributed by atoms with E-state index >= 15 is 0 Å². The lowest BCUT2D eigenvalue weighted by atomic mass is 10.1. The Labute approximate surface area is 98.3 Å². The number of nitrogens with zero attached hydrogens (tertiary/aromatic N) is 2. The minimum absolute atomic E-state index is 0.0410. The number of hydrogen-bond acceptors (Lipinski definition) is 4. The van der Waals surface area contributed by atoms with Crippen LogP contribution in [-0.4, -0.2) is 34.2 Å². The maximum atomic E-state index is 11.9. The van der Waals surface area contributed by atoms with Gasteiger partial charge >= 0.3 is 0 Å². The highest BCUT2D eigenvalue weighted by atomic mass is 16.4. The molecule has 0 aliphatic carbocycles. The van der Waals surface area contributed by atoms with Crippen LogP contribution in [0.2, 0.25) is 0 Å². The second-order valence-electron chi connectivity index (χ2n) is 3.76. The lowest BCUT2D eigenvalue weighted by Gasteiger charge is -2.13. The summed E-state index contributed by atoms with van der Waals surface area (Å²) in [6.07, 6.45) is 0.490. The normalized spacial score (nSPS) is 15.4. The van der Waals surface area contributed by atoms with Crippen LogP contribution in [0.25, 0.3) is 0 Å².